The number of fused-ring (bicyclic) bond motifs is 2. The summed E-state index contributed by atoms with van der Waals surface area (Å²) in [5, 5.41) is 24.4. The Kier molecular flexibility index (Phi) is 5.60. The van der Waals surface area contributed by atoms with E-state index in [2.05, 4.69) is 15.3 Å². The van der Waals surface area contributed by atoms with Gasteiger partial charge in [-0.1, -0.05) is 18.2 Å². The van der Waals surface area contributed by atoms with Gasteiger partial charge in [0.15, 0.2) is 11.5 Å². The molecule has 5 rings (SSSR count). The van der Waals surface area contributed by atoms with E-state index < -0.39 is 22.0 Å². The van der Waals surface area contributed by atoms with Crippen molar-refractivity contribution in [2.24, 2.45) is 0 Å². The average molecular weight is 489 g/mol. The number of para-hydroxylation sites is 1. The highest BCUT2D eigenvalue weighted by Gasteiger charge is 2.21. The highest BCUT2D eigenvalue weighted by Crippen LogP contribution is 2.34. The van der Waals surface area contributed by atoms with Gasteiger partial charge in [-0.3, -0.25) is 19.7 Å². The smallest absolute Gasteiger partial charge is 0.395 e. The minimum Gasteiger partial charge on any atom is -0.488 e. The Bertz CT molecular complexity index is 1620. The van der Waals surface area contributed by atoms with Crippen LogP contribution in [-0.2, 0) is 11.3 Å². The normalized spacial score (nSPS) is 12.4. The molecule has 4 aromatic rings. The van der Waals surface area contributed by atoms with Crippen LogP contribution in [0.5, 0.6) is 17.4 Å². The largest absolute Gasteiger partial charge is 0.488 e. The van der Waals surface area contributed by atoms with E-state index in [1.165, 1.54) is 6.08 Å². The zero-order valence-corrected chi connectivity index (χ0v) is 18.8. The first-order chi connectivity index (χ1) is 17.3. The molecule has 12 heteroatoms. The topological polar surface area (TPSA) is 162 Å². The third-order valence-corrected chi connectivity index (χ3v) is 5.72. The summed E-state index contributed by atoms with van der Waals surface area (Å²) in [4.78, 5) is 40.7. The molecule has 1 aliphatic heterocycles. The van der Waals surface area contributed by atoms with E-state index >= 15 is 0 Å². The number of aromatic hydroxyl groups is 1. The quantitative estimate of drug-likeness (QED) is 0.275. The van der Waals surface area contributed by atoms with Crippen LogP contribution in [0.3, 0.4) is 0 Å². The molecule has 0 unspecified atom stereocenters. The van der Waals surface area contributed by atoms with Crippen LogP contribution < -0.4 is 20.3 Å². The van der Waals surface area contributed by atoms with Gasteiger partial charge in [0.25, 0.3) is 5.88 Å². The van der Waals surface area contributed by atoms with Crippen LogP contribution in [0.4, 0.5) is 11.4 Å². The Hall–Kier alpha value is -5.13. The third kappa shape index (κ3) is 4.11. The Balaban J connectivity index is 1.44. The van der Waals surface area contributed by atoms with Crippen LogP contribution in [0.25, 0.3) is 23.1 Å². The summed E-state index contributed by atoms with van der Waals surface area (Å²) in [6.07, 6.45) is 3.09. The lowest BCUT2D eigenvalue weighted by atomic mass is 10.1. The number of carbonyl (C=O) groups is 1. The first kappa shape index (κ1) is 22.7. The SMILES string of the molecule is Cc1c(C=Cc2nc(O)c([N+](=O)[O-])c(=O)[nH]2)c2ccccc2n1CC(=O)Nc1ccc2c(c1)OCO2. The van der Waals surface area contributed by atoms with Crippen LogP contribution in [0, 0.1) is 17.0 Å². The fourth-order valence-corrected chi connectivity index (χ4v) is 4.07. The van der Waals surface area contributed by atoms with Crippen molar-refractivity contribution < 1.29 is 24.3 Å². The molecule has 3 heterocycles. The molecule has 182 valence electrons. The number of anilines is 1. The highest BCUT2D eigenvalue weighted by atomic mass is 16.7. The van der Waals surface area contributed by atoms with Gasteiger partial charge in [-0.05, 0) is 37.3 Å². The molecule has 2 aromatic carbocycles. The van der Waals surface area contributed by atoms with Crippen LogP contribution in [0.15, 0.2) is 47.3 Å². The molecule has 0 spiro atoms. The van der Waals surface area contributed by atoms with Gasteiger partial charge in [0.2, 0.25) is 12.7 Å². The number of nitrogens with zero attached hydrogens (tertiary/aromatic N) is 3. The number of nitro groups is 1. The summed E-state index contributed by atoms with van der Waals surface area (Å²) in [5.74, 6) is -0.0947. The Morgan fingerprint density at radius 2 is 2.03 bits per heavy atom. The first-order valence-electron chi connectivity index (χ1n) is 10.7. The van der Waals surface area contributed by atoms with Gasteiger partial charge in [-0.15, -0.1) is 0 Å². The molecule has 1 amide bonds. The molecule has 0 bridgehead atoms. The summed E-state index contributed by atoms with van der Waals surface area (Å²) in [7, 11) is 0. The van der Waals surface area contributed by atoms with Crippen molar-refractivity contribution in [3.63, 3.8) is 0 Å². The molecule has 0 saturated heterocycles. The maximum absolute atomic E-state index is 12.9. The predicted molar refractivity (Wildman–Crippen MR) is 130 cm³/mol. The molecular weight excluding hydrogens is 470 g/mol. The van der Waals surface area contributed by atoms with E-state index in [0.717, 1.165) is 22.2 Å². The number of H-pyrrole nitrogens is 1. The number of benzene rings is 2. The lowest BCUT2D eigenvalue weighted by molar-refractivity contribution is -0.387. The monoisotopic (exact) mass is 489 g/mol. The molecule has 2 aromatic heterocycles. The summed E-state index contributed by atoms with van der Waals surface area (Å²) < 4.78 is 12.5. The van der Waals surface area contributed by atoms with Crippen molar-refractivity contribution in [3.8, 4) is 17.4 Å². The van der Waals surface area contributed by atoms with E-state index in [4.69, 9.17) is 9.47 Å². The van der Waals surface area contributed by atoms with Crippen LogP contribution in [0.1, 0.15) is 17.1 Å². The lowest BCUT2D eigenvalue weighted by Crippen LogP contribution is -2.19. The first-order valence-corrected chi connectivity index (χ1v) is 10.7. The van der Waals surface area contributed by atoms with Crippen LogP contribution >= 0.6 is 0 Å². The van der Waals surface area contributed by atoms with Crippen molar-refractivity contribution in [1.29, 1.82) is 0 Å². The molecule has 12 nitrogen and oxygen atoms in total. The Labute approximate surface area is 202 Å². The van der Waals surface area contributed by atoms with E-state index in [1.807, 2.05) is 35.8 Å². The molecule has 0 fully saturated rings. The summed E-state index contributed by atoms with van der Waals surface area (Å²) >= 11 is 0. The molecular formula is C24H19N5O7. The lowest BCUT2D eigenvalue weighted by Gasteiger charge is -2.10. The van der Waals surface area contributed by atoms with E-state index in [1.54, 1.807) is 24.3 Å². The average Bonchev–Trinajstić information content (AvgIpc) is 3.39. The molecule has 0 radical (unpaired) electrons. The molecule has 0 saturated carbocycles. The summed E-state index contributed by atoms with van der Waals surface area (Å²) in [5.41, 5.74) is 0.818. The van der Waals surface area contributed by atoms with Gasteiger partial charge in [0, 0.05) is 33.9 Å². The number of hydrogen-bond acceptors (Lipinski definition) is 8. The second kappa shape index (κ2) is 8.91. The van der Waals surface area contributed by atoms with Gasteiger partial charge < -0.3 is 29.4 Å². The van der Waals surface area contributed by atoms with Crippen LogP contribution in [-0.4, -0.2) is 37.3 Å². The number of amides is 1. The van der Waals surface area contributed by atoms with Gasteiger partial charge >= 0.3 is 11.2 Å². The summed E-state index contributed by atoms with van der Waals surface area (Å²) in [6, 6.07) is 12.6. The zero-order valence-electron chi connectivity index (χ0n) is 18.8. The van der Waals surface area contributed by atoms with E-state index in [0.29, 0.717) is 17.2 Å². The van der Waals surface area contributed by atoms with Gasteiger partial charge in [0.05, 0.1) is 4.92 Å². The second-order valence-electron chi connectivity index (χ2n) is 7.93. The predicted octanol–water partition coefficient (Wildman–Crippen LogP) is 3.18. The number of ether oxygens (including phenoxy) is 2. The van der Waals surface area contributed by atoms with Gasteiger partial charge in [-0.25, -0.2) is 0 Å². The second-order valence-corrected chi connectivity index (χ2v) is 7.93. The maximum Gasteiger partial charge on any atom is 0.395 e. The highest BCUT2D eigenvalue weighted by molar-refractivity contribution is 5.96. The molecule has 0 aliphatic carbocycles. The zero-order chi connectivity index (χ0) is 25.4. The van der Waals surface area contributed by atoms with Crippen molar-refractivity contribution >= 4 is 40.3 Å². The third-order valence-electron chi connectivity index (χ3n) is 5.72. The Morgan fingerprint density at radius 1 is 1.25 bits per heavy atom. The number of hydrogen-bond donors (Lipinski definition) is 3. The summed E-state index contributed by atoms with van der Waals surface area (Å²) in [6.45, 7) is 2.01. The molecule has 0 atom stereocenters. The molecule has 3 N–H and O–H groups in total. The van der Waals surface area contributed by atoms with Gasteiger partial charge in [-0.2, -0.15) is 4.98 Å². The molecule has 36 heavy (non-hydrogen) atoms. The standard InChI is InChI=1S/C24H19N5O7/c1-13-15(7-9-20-26-23(31)22(29(33)34)24(32)27-20)16-4-2-3-5-17(16)28(13)11-21(30)25-14-6-8-18-19(10-14)36-12-35-18/h2-10H,11-12H2,1H3,(H,25,30)(H2,26,27,31,32). The maximum atomic E-state index is 12.9. The van der Waals surface area contributed by atoms with Crippen molar-refractivity contribution in [3.05, 3.63) is 80.0 Å². The minimum absolute atomic E-state index is 0.0298. The van der Waals surface area contributed by atoms with E-state index in [-0.39, 0.29) is 25.1 Å². The Morgan fingerprint density at radius 3 is 2.81 bits per heavy atom. The van der Waals surface area contributed by atoms with Crippen LogP contribution in [0.2, 0.25) is 0 Å². The fourth-order valence-electron chi connectivity index (χ4n) is 4.07. The van der Waals surface area contributed by atoms with Gasteiger partial charge in [0.1, 0.15) is 12.4 Å². The minimum atomic E-state index is -1.06. The van der Waals surface area contributed by atoms with Crippen molar-refractivity contribution in [1.82, 2.24) is 14.5 Å². The van der Waals surface area contributed by atoms with Crippen molar-refractivity contribution in [2.75, 3.05) is 12.1 Å². The number of carbonyl (C=O) groups excluding carboxylic acids is 1. The number of rotatable bonds is 6. The number of nitrogens with one attached hydrogen (secondary N) is 2. The molecule has 1 aliphatic rings. The van der Waals surface area contributed by atoms with Crippen molar-refractivity contribution in [2.45, 2.75) is 13.5 Å². The fraction of sp³-hybridized carbons (Fsp3) is 0.125. The van der Waals surface area contributed by atoms with E-state index in [9.17, 15) is 24.8 Å². The number of aromatic amines is 1. The number of aromatic nitrogens is 3.